The second-order valence-corrected chi connectivity index (χ2v) is 8.50. The molecule has 10 heteroatoms. The summed E-state index contributed by atoms with van der Waals surface area (Å²) >= 11 is 5.87. The lowest BCUT2D eigenvalue weighted by molar-refractivity contribution is -0.384. The van der Waals surface area contributed by atoms with Gasteiger partial charge in [-0.2, -0.15) is 0 Å². The predicted molar refractivity (Wildman–Crippen MR) is 109 cm³/mol. The number of carbonyl (C=O) groups is 1. The molecule has 0 aliphatic carbocycles. The summed E-state index contributed by atoms with van der Waals surface area (Å²) in [5.74, 6) is -0.591. The van der Waals surface area contributed by atoms with Crippen molar-refractivity contribution in [2.24, 2.45) is 0 Å². The first-order valence-electron chi connectivity index (χ1n) is 8.35. The van der Waals surface area contributed by atoms with Gasteiger partial charge in [-0.05, 0) is 43.2 Å². The summed E-state index contributed by atoms with van der Waals surface area (Å²) in [5, 5.41) is 14.0. The maximum atomic E-state index is 12.9. The highest BCUT2D eigenvalue weighted by Crippen LogP contribution is 2.26. The number of non-ortho nitro benzene ring substituents is 1. The quantitative estimate of drug-likeness (QED) is 0.536. The van der Waals surface area contributed by atoms with Crippen LogP contribution in [0.3, 0.4) is 0 Å². The fourth-order valence-corrected chi connectivity index (χ4v) is 4.06. The Hall–Kier alpha value is -2.65. The number of hydrogen-bond acceptors (Lipinski definition) is 5. The zero-order valence-corrected chi connectivity index (χ0v) is 17.1. The summed E-state index contributed by atoms with van der Waals surface area (Å²) in [6.07, 6.45) is 1.20. The first-order valence-corrected chi connectivity index (χ1v) is 10.6. The van der Waals surface area contributed by atoms with E-state index in [2.05, 4.69) is 5.32 Å². The van der Waals surface area contributed by atoms with Gasteiger partial charge in [-0.1, -0.05) is 24.6 Å². The van der Waals surface area contributed by atoms with E-state index in [1.54, 1.807) is 13.8 Å². The van der Waals surface area contributed by atoms with Gasteiger partial charge in [0.05, 0.1) is 22.6 Å². The molecule has 28 heavy (non-hydrogen) atoms. The molecule has 0 spiro atoms. The van der Waals surface area contributed by atoms with Gasteiger partial charge in [0.2, 0.25) is 15.9 Å². The number of halogens is 1. The van der Waals surface area contributed by atoms with Crippen LogP contribution < -0.4 is 9.62 Å². The Morgan fingerprint density at radius 2 is 1.86 bits per heavy atom. The average molecular weight is 426 g/mol. The smallest absolute Gasteiger partial charge is 0.271 e. The molecule has 0 fully saturated rings. The molecule has 1 atom stereocenters. The van der Waals surface area contributed by atoms with Gasteiger partial charge < -0.3 is 5.32 Å². The van der Waals surface area contributed by atoms with Crippen molar-refractivity contribution in [1.29, 1.82) is 0 Å². The molecular weight excluding hydrogens is 406 g/mol. The normalized spacial score (nSPS) is 12.3. The zero-order valence-electron chi connectivity index (χ0n) is 15.5. The van der Waals surface area contributed by atoms with Crippen LogP contribution in [0.25, 0.3) is 0 Å². The monoisotopic (exact) mass is 425 g/mol. The van der Waals surface area contributed by atoms with Gasteiger partial charge in [-0.3, -0.25) is 19.2 Å². The number of sulfonamides is 1. The number of nitrogens with one attached hydrogen (secondary N) is 1. The molecule has 8 nitrogen and oxygen atoms in total. The van der Waals surface area contributed by atoms with Crippen LogP contribution in [0.4, 0.5) is 17.1 Å². The maximum absolute atomic E-state index is 12.9. The van der Waals surface area contributed by atoms with Crippen molar-refractivity contribution in [3.63, 3.8) is 0 Å². The number of hydrogen-bond donors (Lipinski definition) is 1. The van der Waals surface area contributed by atoms with Crippen LogP contribution in [0.1, 0.15) is 18.9 Å². The number of benzene rings is 2. The van der Waals surface area contributed by atoms with Crippen LogP contribution in [0.2, 0.25) is 5.02 Å². The first kappa shape index (κ1) is 21.6. The average Bonchev–Trinajstić information content (AvgIpc) is 2.61. The van der Waals surface area contributed by atoms with Crippen LogP contribution in [-0.2, 0) is 14.8 Å². The van der Waals surface area contributed by atoms with Crippen LogP contribution in [0, 0.1) is 17.0 Å². The molecule has 0 unspecified atom stereocenters. The lowest BCUT2D eigenvalue weighted by Crippen LogP contribution is -2.47. The van der Waals surface area contributed by atoms with Crippen LogP contribution >= 0.6 is 11.6 Å². The fraction of sp³-hybridized carbons (Fsp3) is 0.278. The standard InChI is InChI=1S/C18H20ClN3O5S/c1-4-17(21(28(3,26)27)14-9-6-13(19)7-10-14)18(23)20-16-11-15(22(24)25)8-5-12(16)2/h5-11,17H,4H2,1-3H3,(H,20,23)/t17-/m0/s1. The topological polar surface area (TPSA) is 110 Å². The molecule has 0 aliphatic rings. The molecule has 1 N–H and O–H groups in total. The van der Waals surface area contributed by atoms with E-state index < -0.39 is 26.9 Å². The van der Waals surface area contributed by atoms with Crippen molar-refractivity contribution >= 4 is 44.6 Å². The highest BCUT2D eigenvalue weighted by molar-refractivity contribution is 7.92. The number of anilines is 2. The van der Waals surface area contributed by atoms with Gasteiger partial charge in [-0.25, -0.2) is 8.42 Å². The van der Waals surface area contributed by atoms with Gasteiger partial charge in [0.15, 0.2) is 0 Å². The van der Waals surface area contributed by atoms with Crippen LogP contribution in [-0.4, -0.2) is 31.5 Å². The summed E-state index contributed by atoms with van der Waals surface area (Å²) in [4.78, 5) is 23.3. The van der Waals surface area contributed by atoms with Gasteiger partial charge >= 0.3 is 0 Å². The minimum absolute atomic E-state index is 0.174. The lowest BCUT2D eigenvalue weighted by Gasteiger charge is -2.30. The number of rotatable bonds is 7. The highest BCUT2D eigenvalue weighted by atomic mass is 35.5. The fourth-order valence-electron chi connectivity index (χ4n) is 2.72. The van der Waals surface area contributed by atoms with E-state index in [0.717, 1.165) is 10.6 Å². The van der Waals surface area contributed by atoms with Crippen molar-refractivity contribution in [3.05, 3.63) is 63.2 Å². The minimum atomic E-state index is -3.79. The number of nitro groups is 1. The third kappa shape index (κ3) is 4.99. The second kappa shape index (κ2) is 8.57. The molecule has 0 bridgehead atoms. The number of carbonyl (C=O) groups excluding carboxylic acids is 1. The van der Waals surface area contributed by atoms with Crippen molar-refractivity contribution in [2.45, 2.75) is 26.3 Å². The third-order valence-corrected chi connectivity index (χ3v) is 5.53. The molecule has 0 saturated heterocycles. The Kier molecular flexibility index (Phi) is 6.63. The molecule has 150 valence electrons. The minimum Gasteiger partial charge on any atom is -0.324 e. The SMILES string of the molecule is CC[C@@H](C(=O)Nc1cc([N+](=O)[O-])ccc1C)N(c1ccc(Cl)cc1)S(C)(=O)=O. The van der Waals surface area contributed by atoms with Gasteiger partial charge in [-0.15, -0.1) is 0 Å². The Bertz CT molecular complexity index is 993. The van der Waals surface area contributed by atoms with E-state index >= 15 is 0 Å². The number of nitrogens with zero attached hydrogens (tertiary/aromatic N) is 2. The van der Waals surface area contributed by atoms with Crippen LogP contribution in [0.5, 0.6) is 0 Å². The van der Waals surface area contributed by atoms with E-state index in [1.165, 1.54) is 42.5 Å². The second-order valence-electron chi connectivity index (χ2n) is 6.20. The molecule has 0 heterocycles. The number of nitro benzene ring substituents is 1. The van der Waals surface area contributed by atoms with Gasteiger partial charge in [0.1, 0.15) is 6.04 Å². The Labute approximate surface area is 168 Å². The van der Waals surface area contributed by atoms with E-state index in [4.69, 9.17) is 11.6 Å². The summed E-state index contributed by atoms with van der Waals surface area (Å²) in [6.45, 7) is 3.37. The number of amides is 1. The highest BCUT2D eigenvalue weighted by Gasteiger charge is 2.31. The van der Waals surface area contributed by atoms with Crippen LogP contribution in [0.15, 0.2) is 42.5 Å². The van der Waals surface area contributed by atoms with Gasteiger partial charge in [0, 0.05) is 17.2 Å². The molecule has 1 amide bonds. The Morgan fingerprint density at radius 1 is 1.25 bits per heavy atom. The van der Waals surface area contributed by atoms with Crippen molar-refractivity contribution < 1.29 is 18.1 Å². The lowest BCUT2D eigenvalue weighted by atomic mass is 10.1. The van der Waals surface area contributed by atoms with Crippen molar-refractivity contribution in [1.82, 2.24) is 0 Å². The molecule has 0 aliphatic heterocycles. The zero-order chi connectivity index (χ0) is 21.1. The summed E-state index contributed by atoms with van der Waals surface area (Å²) in [5.41, 5.74) is 0.990. The van der Waals surface area contributed by atoms with Gasteiger partial charge in [0.25, 0.3) is 5.69 Å². The van der Waals surface area contributed by atoms with E-state index in [-0.39, 0.29) is 17.8 Å². The molecule has 2 rings (SSSR count). The van der Waals surface area contributed by atoms with Crippen molar-refractivity contribution in [2.75, 3.05) is 15.9 Å². The van der Waals surface area contributed by atoms with E-state index in [0.29, 0.717) is 16.3 Å². The molecule has 0 radical (unpaired) electrons. The summed E-state index contributed by atoms with van der Waals surface area (Å²) in [6, 6.07) is 9.13. The maximum Gasteiger partial charge on any atom is 0.271 e. The predicted octanol–water partition coefficient (Wildman–Crippen LogP) is 3.74. The number of aryl methyl sites for hydroxylation is 1. The molecule has 0 aromatic heterocycles. The first-order chi connectivity index (χ1) is 13.0. The van der Waals surface area contributed by atoms with E-state index in [1.807, 2.05) is 0 Å². The molecule has 0 saturated carbocycles. The largest absolute Gasteiger partial charge is 0.324 e. The van der Waals surface area contributed by atoms with Crippen molar-refractivity contribution in [3.8, 4) is 0 Å². The Morgan fingerprint density at radius 3 is 2.36 bits per heavy atom. The molecule has 2 aromatic carbocycles. The third-order valence-electron chi connectivity index (χ3n) is 4.10. The molecular formula is C18H20ClN3O5S. The van der Waals surface area contributed by atoms with E-state index in [9.17, 15) is 23.3 Å². The summed E-state index contributed by atoms with van der Waals surface area (Å²) in [7, 11) is -3.79. The summed E-state index contributed by atoms with van der Waals surface area (Å²) < 4.78 is 25.8. The Balaban J connectivity index is 2.41. The molecule has 2 aromatic rings.